The number of hydrogen-bond acceptors (Lipinski definition) is 5. The normalized spacial score (nSPS) is 21.5. The number of aromatic nitrogens is 4. The Morgan fingerprint density at radius 1 is 1.67 bits per heavy atom. The summed E-state index contributed by atoms with van der Waals surface area (Å²) < 4.78 is 6.63. The zero-order valence-electron chi connectivity index (χ0n) is 8.17. The topological polar surface area (TPSA) is 90.1 Å². The lowest BCUT2D eigenvalue weighted by Gasteiger charge is -2.20. The smallest absolute Gasteiger partial charge is 0.325 e. The van der Waals surface area contributed by atoms with Gasteiger partial charge in [0, 0.05) is 12.5 Å². The second-order valence-corrected chi connectivity index (χ2v) is 3.50. The van der Waals surface area contributed by atoms with E-state index >= 15 is 0 Å². The highest BCUT2D eigenvalue weighted by Crippen LogP contribution is 2.22. The van der Waals surface area contributed by atoms with E-state index in [1.165, 1.54) is 4.68 Å². The molecule has 1 fully saturated rings. The molecule has 1 unspecified atom stereocenters. The van der Waals surface area contributed by atoms with Crippen LogP contribution in [0, 0.1) is 0 Å². The average molecular weight is 212 g/mol. The summed E-state index contributed by atoms with van der Waals surface area (Å²) in [5.41, 5.74) is 0. The third kappa shape index (κ3) is 2.30. The summed E-state index contributed by atoms with van der Waals surface area (Å²) in [6.45, 7) is 1.13. The van der Waals surface area contributed by atoms with Gasteiger partial charge in [0.25, 0.3) is 0 Å². The molecule has 1 aromatic heterocycles. The van der Waals surface area contributed by atoms with Crippen molar-refractivity contribution in [2.45, 2.75) is 25.3 Å². The van der Waals surface area contributed by atoms with Crippen molar-refractivity contribution in [3.63, 3.8) is 0 Å². The van der Waals surface area contributed by atoms with Gasteiger partial charge in [-0.1, -0.05) is 0 Å². The molecule has 7 nitrogen and oxygen atoms in total. The fraction of sp³-hybridized carbons (Fsp3) is 0.750. The highest BCUT2D eigenvalue weighted by atomic mass is 16.5. The fourth-order valence-corrected chi connectivity index (χ4v) is 1.69. The van der Waals surface area contributed by atoms with E-state index in [0.717, 1.165) is 19.4 Å². The van der Waals surface area contributed by atoms with Crippen LogP contribution in [0.1, 0.15) is 24.6 Å². The molecule has 1 saturated heterocycles. The van der Waals surface area contributed by atoms with E-state index in [0.29, 0.717) is 12.4 Å². The van der Waals surface area contributed by atoms with Gasteiger partial charge in [0.1, 0.15) is 6.54 Å². The van der Waals surface area contributed by atoms with Crippen LogP contribution in [0.5, 0.6) is 0 Å². The second kappa shape index (κ2) is 4.35. The molecule has 1 aliphatic rings. The van der Waals surface area contributed by atoms with Gasteiger partial charge in [-0.3, -0.25) is 4.79 Å². The number of carboxylic acids is 1. The van der Waals surface area contributed by atoms with Gasteiger partial charge in [0.05, 0.1) is 6.61 Å². The molecule has 1 N–H and O–H groups in total. The van der Waals surface area contributed by atoms with Gasteiger partial charge in [-0.25, -0.2) is 4.68 Å². The van der Waals surface area contributed by atoms with E-state index in [9.17, 15) is 4.79 Å². The zero-order chi connectivity index (χ0) is 10.7. The molecular formula is C8H12N4O3. The summed E-state index contributed by atoms with van der Waals surface area (Å²) in [6.07, 6.45) is 1.91. The molecule has 82 valence electrons. The zero-order valence-corrected chi connectivity index (χ0v) is 8.17. The molecule has 1 aromatic rings. The van der Waals surface area contributed by atoms with Crippen molar-refractivity contribution in [1.29, 1.82) is 0 Å². The Labute approximate surface area is 86.0 Å². The van der Waals surface area contributed by atoms with Crippen LogP contribution in [-0.2, 0) is 16.1 Å². The standard InChI is InChI=1S/C8H12N4O3/c13-7(14)4-12-8(9-10-11-12)6-2-1-3-15-5-6/h6H,1-5H2,(H,13,14). The second-order valence-electron chi connectivity index (χ2n) is 3.50. The van der Waals surface area contributed by atoms with Gasteiger partial charge >= 0.3 is 5.97 Å². The number of carboxylic acid groups (broad SMARTS) is 1. The quantitative estimate of drug-likeness (QED) is 0.736. The highest BCUT2D eigenvalue weighted by molar-refractivity contribution is 5.66. The molecule has 1 aliphatic heterocycles. The van der Waals surface area contributed by atoms with Crippen molar-refractivity contribution < 1.29 is 14.6 Å². The lowest BCUT2D eigenvalue weighted by atomic mass is 10.0. The van der Waals surface area contributed by atoms with Crippen molar-refractivity contribution in [2.75, 3.05) is 13.2 Å². The Balaban J connectivity index is 2.12. The van der Waals surface area contributed by atoms with Crippen LogP contribution >= 0.6 is 0 Å². The van der Waals surface area contributed by atoms with Crippen molar-refractivity contribution in [2.24, 2.45) is 0 Å². The minimum absolute atomic E-state index is 0.119. The van der Waals surface area contributed by atoms with Crippen LogP contribution in [0.25, 0.3) is 0 Å². The van der Waals surface area contributed by atoms with Crippen LogP contribution < -0.4 is 0 Å². The molecule has 7 heteroatoms. The predicted molar refractivity (Wildman–Crippen MR) is 48.2 cm³/mol. The molecule has 2 heterocycles. The first kappa shape index (κ1) is 10.0. The lowest BCUT2D eigenvalue weighted by molar-refractivity contribution is -0.138. The third-order valence-electron chi connectivity index (χ3n) is 2.37. The van der Waals surface area contributed by atoms with Crippen LogP contribution in [0.4, 0.5) is 0 Å². The summed E-state index contributed by atoms with van der Waals surface area (Å²) in [7, 11) is 0. The van der Waals surface area contributed by atoms with Crippen LogP contribution in [0.3, 0.4) is 0 Å². The van der Waals surface area contributed by atoms with Crippen molar-refractivity contribution in [3.8, 4) is 0 Å². The van der Waals surface area contributed by atoms with E-state index < -0.39 is 5.97 Å². The van der Waals surface area contributed by atoms with E-state index in [1.54, 1.807) is 0 Å². The Kier molecular flexibility index (Phi) is 2.91. The number of aliphatic carboxylic acids is 1. The maximum absolute atomic E-state index is 10.6. The van der Waals surface area contributed by atoms with Crippen molar-refractivity contribution in [1.82, 2.24) is 20.2 Å². The van der Waals surface area contributed by atoms with Crippen molar-refractivity contribution >= 4 is 5.97 Å². The maximum Gasteiger partial charge on any atom is 0.325 e. The monoisotopic (exact) mass is 212 g/mol. The fourth-order valence-electron chi connectivity index (χ4n) is 1.69. The summed E-state index contributed by atoms with van der Waals surface area (Å²) in [6, 6.07) is 0. The minimum Gasteiger partial charge on any atom is -0.480 e. The third-order valence-corrected chi connectivity index (χ3v) is 2.37. The van der Waals surface area contributed by atoms with E-state index in [2.05, 4.69) is 15.5 Å². The Bertz CT molecular complexity index is 345. The molecule has 2 rings (SSSR count). The Hall–Kier alpha value is -1.50. The van der Waals surface area contributed by atoms with E-state index in [1.807, 2.05) is 0 Å². The molecule has 0 aromatic carbocycles. The number of nitrogens with zero attached hydrogens (tertiary/aromatic N) is 4. The summed E-state index contributed by atoms with van der Waals surface area (Å²) >= 11 is 0. The van der Waals surface area contributed by atoms with Gasteiger partial charge < -0.3 is 9.84 Å². The maximum atomic E-state index is 10.6. The number of carbonyl (C=O) groups is 1. The Morgan fingerprint density at radius 2 is 2.53 bits per heavy atom. The molecule has 0 saturated carbocycles. The molecule has 0 amide bonds. The molecule has 15 heavy (non-hydrogen) atoms. The van der Waals surface area contributed by atoms with Gasteiger partial charge in [-0.05, 0) is 23.3 Å². The minimum atomic E-state index is -0.944. The molecule has 0 bridgehead atoms. The molecule has 0 spiro atoms. The molecule has 0 radical (unpaired) electrons. The largest absolute Gasteiger partial charge is 0.480 e. The first-order valence-corrected chi connectivity index (χ1v) is 4.83. The number of rotatable bonds is 3. The summed E-state index contributed by atoms with van der Waals surface area (Å²) in [5, 5.41) is 19.7. The number of hydrogen-bond donors (Lipinski definition) is 1. The van der Waals surface area contributed by atoms with Gasteiger partial charge in [0.2, 0.25) is 0 Å². The highest BCUT2D eigenvalue weighted by Gasteiger charge is 2.22. The number of ether oxygens (including phenoxy) is 1. The molecular weight excluding hydrogens is 200 g/mol. The summed E-state index contributed by atoms with van der Waals surface area (Å²) in [5.74, 6) is -0.217. The summed E-state index contributed by atoms with van der Waals surface area (Å²) in [4.78, 5) is 10.6. The Morgan fingerprint density at radius 3 is 3.20 bits per heavy atom. The first-order valence-electron chi connectivity index (χ1n) is 4.83. The lowest BCUT2D eigenvalue weighted by Crippen LogP contribution is -2.22. The average Bonchev–Trinajstić information content (AvgIpc) is 2.66. The number of tetrazole rings is 1. The van der Waals surface area contributed by atoms with Crippen LogP contribution in [-0.4, -0.2) is 44.5 Å². The SMILES string of the molecule is O=C(O)Cn1nnnc1C1CCCOC1. The van der Waals surface area contributed by atoms with E-state index in [4.69, 9.17) is 9.84 Å². The van der Waals surface area contributed by atoms with Crippen LogP contribution in [0.15, 0.2) is 0 Å². The van der Waals surface area contributed by atoms with Gasteiger partial charge in [0.15, 0.2) is 5.82 Å². The molecule has 0 aliphatic carbocycles. The van der Waals surface area contributed by atoms with Crippen LogP contribution in [0.2, 0.25) is 0 Å². The first-order chi connectivity index (χ1) is 7.27. The van der Waals surface area contributed by atoms with E-state index in [-0.39, 0.29) is 12.5 Å². The van der Waals surface area contributed by atoms with Gasteiger partial charge in [-0.15, -0.1) is 5.10 Å². The van der Waals surface area contributed by atoms with Crippen molar-refractivity contribution in [3.05, 3.63) is 5.82 Å². The van der Waals surface area contributed by atoms with Gasteiger partial charge in [-0.2, -0.15) is 0 Å². The predicted octanol–water partition coefficient (Wildman–Crippen LogP) is -0.348. The molecule has 1 atom stereocenters.